The molecule has 24 heavy (non-hydrogen) atoms. The summed E-state index contributed by atoms with van der Waals surface area (Å²) in [5, 5.41) is 17.3. The topological polar surface area (TPSA) is 75.9 Å². The molecular formula is C18H21N5O. The van der Waals surface area contributed by atoms with E-state index in [1.165, 1.54) is 0 Å². The first-order valence-corrected chi connectivity index (χ1v) is 7.92. The summed E-state index contributed by atoms with van der Waals surface area (Å²) < 4.78 is 1.76. The highest BCUT2D eigenvalue weighted by Crippen LogP contribution is 2.13. The Morgan fingerprint density at radius 1 is 1.17 bits per heavy atom. The molecule has 0 fully saturated rings. The summed E-state index contributed by atoms with van der Waals surface area (Å²) >= 11 is 0. The van der Waals surface area contributed by atoms with Gasteiger partial charge in [0.05, 0.1) is 30.7 Å². The SMILES string of the molecule is Cc1cc(C)n(-c2cncc(N[C@H](CO)Cc3ccccc3)n2)n1. The summed E-state index contributed by atoms with van der Waals surface area (Å²) in [4.78, 5) is 8.80. The molecule has 0 radical (unpaired) electrons. The number of aliphatic hydroxyl groups excluding tert-OH is 1. The van der Waals surface area contributed by atoms with Crippen LogP contribution in [0, 0.1) is 13.8 Å². The summed E-state index contributed by atoms with van der Waals surface area (Å²) in [6, 6.07) is 11.9. The molecule has 0 saturated carbocycles. The van der Waals surface area contributed by atoms with Crippen molar-refractivity contribution in [2.24, 2.45) is 0 Å². The predicted octanol–water partition coefficient (Wildman–Crippen LogP) is 2.29. The Kier molecular flexibility index (Phi) is 4.86. The van der Waals surface area contributed by atoms with Gasteiger partial charge >= 0.3 is 0 Å². The van der Waals surface area contributed by atoms with E-state index in [0.717, 1.165) is 17.0 Å². The first-order valence-electron chi connectivity index (χ1n) is 7.92. The van der Waals surface area contributed by atoms with Crippen LogP contribution in [-0.2, 0) is 6.42 Å². The van der Waals surface area contributed by atoms with E-state index in [0.29, 0.717) is 18.1 Å². The zero-order valence-electron chi connectivity index (χ0n) is 13.8. The van der Waals surface area contributed by atoms with Crippen LogP contribution in [0.25, 0.3) is 5.82 Å². The van der Waals surface area contributed by atoms with Crippen LogP contribution in [0.15, 0.2) is 48.8 Å². The van der Waals surface area contributed by atoms with Gasteiger partial charge in [0.15, 0.2) is 5.82 Å². The Hall–Kier alpha value is -2.73. The van der Waals surface area contributed by atoms with Gasteiger partial charge in [0.25, 0.3) is 0 Å². The van der Waals surface area contributed by atoms with E-state index in [-0.39, 0.29) is 12.6 Å². The maximum Gasteiger partial charge on any atom is 0.174 e. The molecular weight excluding hydrogens is 302 g/mol. The van der Waals surface area contributed by atoms with Gasteiger partial charge in [-0.15, -0.1) is 0 Å². The number of aromatic nitrogens is 4. The lowest BCUT2D eigenvalue weighted by atomic mass is 10.1. The summed E-state index contributed by atoms with van der Waals surface area (Å²) in [7, 11) is 0. The Morgan fingerprint density at radius 2 is 1.96 bits per heavy atom. The van der Waals surface area contributed by atoms with Crippen molar-refractivity contribution in [3.05, 3.63) is 65.7 Å². The van der Waals surface area contributed by atoms with Gasteiger partial charge in [0.1, 0.15) is 5.82 Å². The van der Waals surface area contributed by atoms with E-state index in [2.05, 4.69) is 20.4 Å². The second-order valence-corrected chi connectivity index (χ2v) is 5.81. The third-order valence-corrected chi connectivity index (χ3v) is 3.75. The van der Waals surface area contributed by atoms with Gasteiger partial charge in [-0.05, 0) is 31.9 Å². The number of hydrogen-bond acceptors (Lipinski definition) is 5. The van der Waals surface area contributed by atoms with Crippen LogP contribution in [0.3, 0.4) is 0 Å². The summed E-state index contributed by atoms with van der Waals surface area (Å²) in [5.41, 5.74) is 3.10. The van der Waals surface area contributed by atoms with E-state index >= 15 is 0 Å². The van der Waals surface area contributed by atoms with Crippen molar-refractivity contribution in [2.45, 2.75) is 26.3 Å². The summed E-state index contributed by atoms with van der Waals surface area (Å²) in [5.74, 6) is 1.28. The molecule has 0 aliphatic rings. The normalized spacial score (nSPS) is 12.1. The van der Waals surface area contributed by atoms with Crippen molar-refractivity contribution < 1.29 is 5.11 Å². The number of anilines is 1. The van der Waals surface area contributed by atoms with Crippen LogP contribution >= 0.6 is 0 Å². The van der Waals surface area contributed by atoms with Gasteiger partial charge < -0.3 is 10.4 Å². The fourth-order valence-electron chi connectivity index (χ4n) is 2.66. The van der Waals surface area contributed by atoms with Crippen LogP contribution in [0.5, 0.6) is 0 Å². The van der Waals surface area contributed by atoms with Crippen molar-refractivity contribution in [1.82, 2.24) is 19.7 Å². The lowest BCUT2D eigenvalue weighted by Crippen LogP contribution is -2.27. The lowest BCUT2D eigenvalue weighted by molar-refractivity contribution is 0.273. The zero-order chi connectivity index (χ0) is 16.9. The summed E-state index contributed by atoms with van der Waals surface area (Å²) in [6.45, 7) is 3.94. The minimum atomic E-state index is -0.127. The smallest absolute Gasteiger partial charge is 0.174 e. The van der Waals surface area contributed by atoms with Gasteiger partial charge in [-0.25, -0.2) is 9.67 Å². The molecule has 2 aromatic heterocycles. The molecule has 6 nitrogen and oxygen atoms in total. The summed E-state index contributed by atoms with van der Waals surface area (Å²) in [6.07, 6.45) is 4.04. The van der Waals surface area contributed by atoms with Gasteiger partial charge in [-0.3, -0.25) is 4.98 Å². The third kappa shape index (κ3) is 3.78. The number of aliphatic hydroxyl groups is 1. The fraction of sp³-hybridized carbons (Fsp3) is 0.278. The molecule has 0 aliphatic carbocycles. The van der Waals surface area contributed by atoms with Crippen molar-refractivity contribution in [3.63, 3.8) is 0 Å². The number of aryl methyl sites for hydroxylation is 2. The Bertz CT molecular complexity index is 800. The molecule has 0 amide bonds. The van der Waals surface area contributed by atoms with Gasteiger partial charge in [0, 0.05) is 5.69 Å². The predicted molar refractivity (Wildman–Crippen MR) is 93.3 cm³/mol. The van der Waals surface area contributed by atoms with E-state index in [9.17, 15) is 5.11 Å². The Balaban J connectivity index is 1.77. The molecule has 3 rings (SSSR count). The van der Waals surface area contributed by atoms with Crippen molar-refractivity contribution in [1.29, 1.82) is 0 Å². The molecule has 124 valence electrons. The van der Waals surface area contributed by atoms with Crippen LogP contribution in [0.2, 0.25) is 0 Å². The highest BCUT2D eigenvalue weighted by molar-refractivity contribution is 5.38. The van der Waals surface area contributed by atoms with Crippen LogP contribution in [0.4, 0.5) is 5.82 Å². The fourth-order valence-corrected chi connectivity index (χ4v) is 2.66. The number of nitrogens with one attached hydrogen (secondary N) is 1. The molecule has 3 aromatic rings. The zero-order valence-corrected chi connectivity index (χ0v) is 13.8. The quantitative estimate of drug-likeness (QED) is 0.728. The molecule has 6 heteroatoms. The second-order valence-electron chi connectivity index (χ2n) is 5.81. The minimum Gasteiger partial charge on any atom is -0.394 e. The molecule has 1 atom stereocenters. The first kappa shape index (κ1) is 16.1. The van der Waals surface area contributed by atoms with Gasteiger partial charge in [0.2, 0.25) is 0 Å². The van der Waals surface area contributed by atoms with Crippen LogP contribution in [0.1, 0.15) is 17.0 Å². The number of rotatable bonds is 6. The molecule has 0 saturated heterocycles. The van der Waals surface area contributed by atoms with E-state index < -0.39 is 0 Å². The molecule has 2 N–H and O–H groups in total. The van der Waals surface area contributed by atoms with Crippen LogP contribution in [-0.4, -0.2) is 37.5 Å². The van der Waals surface area contributed by atoms with Gasteiger partial charge in [-0.1, -0.05) is 30.3 Å². The second kappa shape index (κ2) is 7.23. The Labute approximate surface area is 141 Å². The molecule has 2 heterocycles. The lowest BCUT2D eigenvalue weighted by Gasteiger charge is -2.17. The van der Waals surface area contributed by atoms with Crippen molar-refractivity contribution in [3.8, 4) is 5.82 Å². The molecule has 1 aromatic carbocycles. The maximum absolute atomic E-state index is 9.65. The molecule has 0 spiro atoms. The highest BCUT2D eigenvalue weighted by Gasteiger charge is 2.11. The number of nitrogens with zero attached hydrogens (tertiary/aromatic N) is 4. The van der Waals surface area contributed by atoms with E-state index in [1.54, 1.807) is 17.1 Å². The van der Waals surface area contributed by atoms with Crippen LogP contribution < -0.4 is 5.32 Å². The maximum atomic E-state index is 9.65. The minimum absolute atomic E-state index is 0.0146. The third-order valence-electron chi connectivity index (χ3n) is 3.75. The number of benzene rings is 1. The molecule has 0 unspecified atom stereocenters. The Morgan fingerprint density at radius 3 is 2.62 bits per heavy atom. The molecule has 0 bridgehead atoms. The van der Waals surface area contributed by atoms with E-state index in [4.69, 9.17) is 0 Å². The number of hydrogen-bond donors (Lipinski definition) is 2. The first-order chi connectivity index (χ1) is 11.7. The van der Waals surface area contributed by atoms with Gasteiger partial charge in [-0.2, -0.15) is 5.10 Å². The van der Waals surface area contributed by atoms with Crippen molar-refractivity contribution >= 4 is 5.82 Å². The monoisotopic (exact) mass is 323 g/mol. The average Bonchev–Trinajstić information content (AvgIpc) is 2.94. The molecule has 0 aliphatic heterocycles. The average molecular weight is 323 g/mol. The van der Waals surface area contributed by atoms with Crippen molar-refractivity contribution in [2.75, 3.05) is 11.9 Å². The standard InChI is InChI=1S/C18H21N5O/c1-13-8-14(2)23(22-13)18-11-19-10-17(21-18)20-16(12-24)9-15-6-4-3-5-7-15/h3-8,10-11,16,24H,9,12H2,1-2H3,(H,20,21)/t16-/m0/s1. The highest BCUT2D eigenvalue weighted by atomic mass is 16.3. The largest absolute Gasteiger partial charge is 0.394 e. The van der Waals surface area contributed by atoms with E-state index in [1.807, 2.05) is 50.2 Å².